The van der Waals surface area contributed by atoms with Gasteiger partial charge in [-0.05, 0) is 36.8 Å². The van der Waals surface area contributed by atoms with Gasteiger partial charge in [0.1, 0.15) is 6.17 Å². The first-order chi connectivity index (χ1) is 13.5. The summed E-state index contributed by atoms with van der Waals surface area (Å²) in [6, 6.07) is 26.0. The molecule has 2 N–H and O–H groups in total. The minimum atomic E-state index is -3.74. The predicted octanol–water partition coefficient (Wildman–Crippen LogP) is 3.30. The topological polar surface area (TPSA) is 70.7 Å². The fourth-order valence-corrected chi connectivity index (χ4v) is 4.07. The number of rotatable bonds is 5. The number of benzene rings is 3. The SMILES string of the molecule is Cc1ccc(S(=O)(=O)NC2NC(c3ccccc3)N(c3ccccc3)O2)cc1. The van der Waals surface area contributed by atoms with E-state index in [0.717, 1.165) is 16.8 Å². The minimum Gasteiger partial charge on any atom is -0.250 e. The standard InChI is InChI=1S/C21H21N3O3S/c1-16-12-14-19(15-13-16)28(25,26)23-21-22-20(17-8-4-2-5-9-17)24(27-21)18-10-6-3-7-11-18/h2-15,20-23H,1H3. The van der Waals surface area contributed by atoms with Gasteiger partial charge >= 0.3 is 0 Å². The van der Waals surface area contributed by atoms with Gasteiger partial charge in [0.25, 0.3) is 0 Å². The molecule has 1 saturated heterocycles. The van der Waals surface area contributed by atoms with Crippen LogP contribution in [0.15, 0.2) is 89.8 Å². The Balaban J connectivity index is 1.60. The quantitative estimate of drug-likeness (QED) is 0.694. The van der Waals surface area contributed by atoms with E-state index in [0.29, 0.717) is 0 Å². The summed E-state index contributed by atoms with van der Waals surface area (Å²) in [7, 11) is -3.74. The Bertz CT molecular complexity index is 978. The van der Waals surface area contributed by atoms with E-state index in [1.54, 1.807) is 29.3 Å². The van der Waals surface area contributed by atoms with Crippen LogP contribution in [0.2, 0.25) is 0 Å². The highest BCUT2D eigenvalue weighted by molar-refractivity contribution is 7.89. The fourth-order valence-electron chi connectivity index (χ4n) is 3.05. The molecule has 1 fully saturated rings. The van der Waals surface area contributed by atoms with Crippen molar-refractivity contribution in [1.29, 1.82) is 0 Å². The third-order valence-electron chi connectivity index (χ3n) is 4.48. The molecule has 0 amide bonds. The Morgan fingerprint density at radius 1 is 0.893 bits per heavy atom. The van der Waals surface area contributed by atoms with Crippen LogP contribution in [0.5, 0.6) is 0 Å². The third kappa shape index (κ3) is 3.93. The van der Waals surface area contributed by atoms with Crippen LogP contribution in [0.25, 0.3) is 0 Å². The van der Waals surface area contributed by atoms with Crippen LogP contribution in [-0.4, -0.2) is 14.8 Å². The maximum atomic E-state index is 12.7. The molecule has 0 radical (unpaired) electrons. The van der Waals surface area contributed by atoms with Crippen LogP contribution in [-0.2, 0) is 14.9 Å². The van der Waals surface area contributed by atoms with Crippen molar-refractivity contribution in [3.63, 3.8) is 0 Å². The van der Waals surface area contributed by atoms with Crippen molar-refractivity contribution in [3.05, 3.63) is 96.1 Å². The van der Waals surface area contributed by atoms with Crippen molar-refractivity contribution >= 4 is 15.7 Å². The van der Waals surface area contributed by atoms with Gasteiger partial charge in [0, 0.05) is 0 Å². The van der Waals surface area contributed by atoms with E-state index in [4.69, 9.17) is 4.84 Å². The smallest absolute Gasteiger partial charge is 0.243 e. The first-order valence-corrected chi connectivity index (χ1v) is 10.4. The molecule has 6 nitrogen and oxygen atoms in total. The Morgan fingerprint density at radius 3 is 2.14 bits per heavy atom. The van der Waals surface area contributed by atoms with Gasteiger partial charge in [-0.15, -0.1) is 0 Å². The number of nitrogens with zero attached hydrogens (tertiary/aromatic N) is 1. The molecule has 3 aromatic carbocycles. The summed E-state index contributed by atoms with van der Waals surface area (Å²) in [5.41, 5.74) is 2.78. The molecule has 2 atom stereocenters. The third-order valence-corrected chi connectivity index (χ3v) is 5.90. The minimum absolute atomic E-state index is 0.193. The highest BCUT2D eigenvalue weighted by Gasteiger charge is 2.36. The lowest BCUT2D eigenvalue weighted by Crippen LogP contribution is -2.42. The molecule has 28 heavy (non-hydrogen) atoms. The summed E-state index contributed by atoms with van der Waals surface area (Å²) in [6.45, 7) is 1.91. The molecule has 7 heteroatoms. The number of hydrogen-bond acceptors (Lipinski definition) is 5. The summed E-state index contributed by atoms with van der Waals surface area (Å²) < 4.78 is 28.1. The van der Waals surface area contributed by atoms with Gasteiger partial charge in [0.15, 0.2) is 0 Å². The molecule has 0 aromatic heterocycles. The normalized spacial score (nSPS) is 19.7. The molecule has 0 saturated carbocycles. The average Bonchev–Trinajstić information content (AvgIpc) is 3.13. The van der Waals surface area contributed by atoms with Gasteiger partial charge in [0.05, 0.1) is 10.6 Å². The van der Waals surface area contributed by atoms with Crippen LogP contribution >= 0.6 is 0 Å². The van der Waals surface area contributed by atoms with Crippen LogP contribution in [0.1, 0.15) is 17.3 Å². The zero-order valence-electron chi connectivity index (χ0n) is 15.3. The van der Waals surface area contributed by atoms with Crippen molar-refractivity contribution in [1.82, 2.24) is 10.0 Å². The van der Waals surface area contributed by atoms with E-state index in [1.165, 1.54) is 0 Å². The number of hydrogen-bond donors (Lipinski definition) is 2. The van der Waals surface area contributed by atoms with Crippen molar-refractivity contribution in [2.75, 3.05) is 5.06 Å². The van der Waals surface area contributed by atoms with Gasteiger partial charge in [-0.25, -0.2) is 18.3 Å². The van der Waals surface area contributed by atoms with Crippen LogP contribution in [0.3, 0.4) is 0 Å². The lowest BCUT2D eigenvalue weighted by atomic mass is 10.1. The second-order valence-corrected chi connectivity index (χ2v) is 8.28. The lowest BCUT2D eigenvalue weighted by Gasteiger charge is -2.23. The van der Waals surface area contributed by atoms with Gasteiger partial charge in [-0.1, -0.05) is 66.2 Å². The van der Waals surface area contributed by atoms with E-state index in [-0.39, 0.29) is 11.1 Å². The maximum absolute atomic E-state index is 12.7. The molecule has 2 unspecified atom stereocenters. The molecule has 1 aliphatic heterocycles. The van der Waals surface area contributed by atoms with Crippen LogP contribution in [0, 0.1) is 6.92 Å². The lowest BCUT2D eigenvalue weighted by molar-refractivity contribution is 0.0690. The van der Waals surface area contributed by atoms with E-state index < -0.39 is 16.4 Å². The van der Waals surface area contributed by atoms with Gasteiger partial charge in [-0.2, -0.15) is 4.72 Å². The number of hydroxylamine groups is 1. The predicted molar refractivity (Wildman–Crippen MR) is 108 cm³/mol. The van der Waals surface area contributed by atoms with E-state index >= 15 is 0 Å². The number of anilines is 1. The van der Waals surface area contributed by atoms with Gasteiger partial charge in [-0.3, -0.25) is 5.32 Å². The molecular weight excluding hydrogens is 374 g/mol. The largest absolute Gasteiger partial charge is 0.250 e. The number of nitrogens with one attached hydrogen (secondary N) is 2. The van der Waals surface area contributed by atoms with Crippen molar-refractivity contribution in [2.24, 2.45) is 0 Å². The van der Waals surface area contributed by atoms with Crippen LogP contribution in [0.4, 0.5) is 5.69 Å². The summed E-state index contributed by atoms with van der Waals surface area (Å²) in [4.78, 5) is 6.12. The van der Waals surface area contributed by atoms with E-state index in [9.17, 15) is 8.42 Å². The number of aryl methyl sites for hydroxylation is 1. The monoisotopic (exact) mass is 395 g/mol. The van der Waals surface area contributed by atoms with Crippen LogP contribution < -0.4 is 15.1 Å². The van der Waals surface area contributed by atoms with Crippen molar-refractivity contribution in [3.8, 4) is 0 Å². The summed E-state index contributed by atoms with van der Waals surface area (Å²) in [5, 5.41) is 4.88. The Hall–Kier alpha value is -2.71. The summed E-state index contributed by atoms with van der Waals surface area (Å²) in [6.07, 6.45) is -1.24. The van der Waals surface area contributed by atoms with E-state index in [2.05, 4.69) is 10.0 Å². The molecule has 144 valence electrons. The van der Waals surface area contributed by atoms with Gasteiger partial charge in [0.2, 0.25) is 16.4 Å². The summed E-state index contributed by atoms with van der Waals surface area (Å²) >= 11 is 0. The average molecular weight is 395 g/mol. The van der Waals surface area contributed by atoms with Gasteiger partial charge < -0.3 is 0 Å². The number of para-hydroxylation sites is 1. The van der Waals surface area contributed by atoms with E-state index in [1.807, 2.05) is 67.6 Å². The molecule has 0 spiro atoms. The zero-order chi connectivity index (χ0) is 19.6. The summed E-state index contributed by atoms with van der Waals surface area (Å²) in [5.74, 6) is 0. The fraction of sp³-hybridized carbons (Fsp3) is 0.143. The molecule has 0 bridgehead atoms. The second-order valence-electron chi connectivity index (χ2n) is 6.56. The Labute approximate surface area is 164 Å². The molecule has 0 aliphatic carbocycles. The molecule has 1 aliphatic rings. The van der Waals surface area contributed by atoms with Crippen molar-refractivity contribution in [2.45, 2.75) is 24.3 Å². The highest BCUT2D eigenvalue weighted by atomic mass is 32.2. The highest BCUT2D eigenvalue weighted by Crippen LogP contribution is 2.30. The molecule has 4 rings (SSSR count). The molecule has 1 heterocycles. The zero-order valence-corrected chi connectivity index (χ0v) is 16.1. The maximum Gasteiger partial charge on any atom is 0.243 e. The Morgan fingerprint density at radius 2 is 1.50 bits per heavy atom. The first kappa shape index (κ1) is 18.6. The van der Waals surface area contributed by atoms with Crippen molar-refractivity contribution < 1.29 is 13.3 Å². The molecular formula is C21H21N3O3S. The number of sulfonamides is 1. The second kappa shape index (κ2) is 7.73. The first-order valence-electron chi connectivity index (χ1n) is 8.94. The Kier molecular flexibility index (Phi) is 5.15. The molecule has 3 aromatic rings.